The van der Waals surface area contributed by atoms with Gasteiger partial charge in [0.2, 0.25) is 0 Å². The molecule has 96 valence electrons. The highest BCUT2D eigenvalue weighted by Crippen LogP contribution is 2.40. The summed E-state index contributed by atoms with van der Waals surface area (Å²) >= 11 is 0. The van der Waals surface area contributed by atoms with Crippen LogP contribution in [0.2, 0.25) is 0 Å². The molecule has 1 aliphatic rings. The summed E-state index contributed by atoms with van der Waals surface area (Å²) in [5, 5.41) is 7.66. The Morgan fingerprint density at radius 3 is 2.94 bits per heavy atom. The second-order valence-corrected chi connectivity index (χ2v) is 5.36. The molecule has 1 aliphatic carbocycles. The van der Waals surface area contributed by atoms with Gasteiger partial charge >= 0.3 is 0 Å². The first-order valence-electron chi connectivity index (χ1n) is 6.86. The van der Waals surface area contributed by atoms with Crippen LogP contribution in [0.5, 0.6) is 0 Å². The smallest absolute Gasteiger partial charge is 0.157 e. The molecule has 0 spiro atoms. The molecule has 1 fully saturated rings. The second-order valence-electron chi connectivity index (χ2n) is 5.36. The molecule has 0 aliphatic heterocycles. The van der Waals surface area contributed by atoms with Crippen LogP contribution in [0.4, 0.5) is 5.82 Å². The van der Waals surface area contributed by atoms with Gasteiger partial charge in [-0.05, 0) is 30.7 Å². The lowest BCUT2D eigenvalue weighted by Crippen LogP contribution is -2.26. The van der Waals surface area contributed by atoms with E-state index in [0.717, 1.165) is 18.0 Å². The topological polar surface area (TPSA) is 42.2 Å². The predicted molar refractivity (Wildman–Crippen MR) is 72.7 cm³/mol. The fourth-order valence-electron chi connectivity index (χ4n) is 2.97. The largest absolute Gasteiger partial charge is 0.369 e. The van der Waals surface area contributed by atoms with E-state index >= 15 is 0 Å². The minimum Gasteiger partial charge on any atom is -0.369 e. The van der Waals surface area contributed by atoms with E-state index in [1.54, 1.807) is 10.7 Å². The van der Waals surface area contributed by atoms with Gasteiger partial charge in [0.25, 0.3) is 0 Å². The number of hydrogen-bond donors (Lipinski definition) is 1. The van der Waals surface area contributed by atoms with Crippen molar-refractivity contribution in [2.45, 2.75) is 39.0 Å². The highest BCUT2D eigenvalue weighted by atomic mass is 15.2. The zero-order valence-electron chi connectivity index (χ0n) is 10.9. The van der Waals surface area contributed by atoms with Crippen molar-refractivity contribution in [2.24, 2.45) is 5.41 Å². The number of rotatable bonds is 4. The van der Waals surface area contributed by atoms with E-state index < -0.39 is 0 Å². The average molecular weight is 244 g/mol. The molecule has 0 radical (unpaired) electrons. The molecule has 0 aromatic carbocycles. The van der Waals surface area contributed by atoms with Crippen LogP contribution in [0.15, 0.2) is 24.5 Å². The van der Waals surface area contributed by atoms with E-state index in [0.29, 0.717) is 5.41 Å². The molecule has 0 unspecified atom stereocenters. The Morgan fingerprint density at radius 1 is 1.33 bits per heavy atom. The summed E-state index contributed by atoms with van der Waals surface area (Å²) in [6.07, 6.45) is 10.5. The molecule has 2 aromatic rings. The van der Waals surface area contributed by atoms with Crippen LogP contribution in [-0.2, 0) is 0 Å². The molecule has 1 N–H and O–H groups in total. The minimum absolute atomic E-state index is 0.494. The summed E-state index contributed by atoms with van der Waals surface area (Å²) in [6, 6.07) is 3.93. The SMILES string of the molecule is CCC1(CNc2ccn3nccc3n2)CCCC1. The summed E-state index contributed by atoms with van der Waals surface area (Å²) in [7, 11) is 0. The van der Waals surface area contributed by atoms with Crippen LogP contribution >= 0.6 is 0 Å². The number of nitrogens with zero attached hydrogens (tertiary/aromatic N) is 3. The van der Waals surface area contributed by atoms with Gasteiger partial charge in [0.15, 0.2) is 5.65 Å². The first kappa shape index (κ1) is 11.5. The third-order valence-corrected chi connectivity index (χ3v) is 4.32. The van der Waals surface area contributed by atoms with Gasteiger partial charge in [-0.3, -0.25) is 0 Å². The first-order valence-corrected chi connectivity index (χ1v) is 6.86. The lowest BCUT2D eigenvalue weighted by molar-refractivity contribution is 0.306. The van der Waals surface area contributed by atoms with Crippen LogP contribution in [0.25, 0.3) is 5.65 Å². The van der Waals surface area contributed by atoms with Crippen molar-refractivity contribution in [3.05, 3.63) is 24.5 Å². The zero-order valence-corrected chi connectivity index (χ0v) is 10.9. The van der Waals surface area contributed by atoms with Crippen molar-refractivity contribution in [1.29, 1.82) is 0 Å². The van der Waals surface area contributed by atoms with E-state index in [-0.39, 0.29) is 0 Å². The monoisotopic (exact) mass is 244 g/mol. The van der Waals surface area contributed by atoms with E-state index in [1.807, 2.05) is 18.3 Å². The molecule has 18 heavy (non-hydrogen) atoms. The Labute approximate surface area is 107 Å². The molecular weight excluding hydrogens is 224 g/mol. The van der Waals surface area contributed by atoms with Crippen molar-refractivity contribution < 1.29 is 0 Å². The van der Waals surface area contributed by atoms with E-state index in [2.05, 4.69) is 22.3 Å². The molecule has 0 saturated heterocycles. The van der Waals surface area contributed by atoms with Gasteiger partial charge < -0.3 is 5.32 Å². The number of nitrogens with one attached hydrogen (secondary N) is 1. The third-order valence-electron chi connectivity index (χ3n) is 4.32. The van der Waals surface area contributed by atoms with E-state index in [4.69, 9.17) is 0 Å². The van der Waals surface area contributed by atoms with Crippen molar-refractivity contribution in [3.63, 3.8) is 0 Å². The fraction of sp³-hybridized carbons (Fsp3) is 0.571. The fourth-order valence-corrected chi connectivity index (χ4v) is 2.97. The maximum Gasteiger partial charge on any atom is 0.157 e. The van der Waals surface area contributed by atoms with Gasteiger partial charge in [-0.25, -0.2) is 9.50 Å². The molecule has 3 rings (SSSR count). The lowest BCUT2D eigenvalue weighted by atomic mass is 9.83. The molecule has 2 aromatic heterocycles. The molecule has 0 amide bonds. The summed E-state index contributed by atoms with van der Waals surface area (Å²) in [4.78, 5) is 4.55. The number of hydrogen-bond acceptors (Lipinski definition) is 3. The number of aromatic nitrogens is 3. The Bertz CT molecular complexity index is 525. The van der Waals surface area contributed by atoms with Gasteiger partial charge in [0.05, 0.1) is 6.20 Å². The minimum atomic E-state index is 0.494. The van der Waals surface area contributed by atoms with E-state index in [1.165, 1.54) is 32.1 Å². The summed E-state index contributed by atoms with van der Waals surface area (Å²) in [5.74, 6) is 0.961. The standard InChI is InChI=1S/C14H20N4/c1-2-14(7-3-4-8-14)11-15-12-6-10-18-13(17-12)5-9-16-18/h5-6,9-10H,2-4,7-8,11H2,1H3,(H,15,17). The Balaban J connectivity index is 1.72. The highest BCUT2D eigenvalue weighted by Gasteiger charge is 2.31. The quantitative estimate of drug-likeness (QED) is 0.898. The number of anilines is 1. The van der Waals surface area contributed by atoms with E-state index in [9.17, 15) is 0 Å². The van der Waals surface area contributed by atoms with Crippen LogP contribution in [0.1, 0.15) is 39.0 Å². The van der Waals surface area contributed by atoms with Crippen molar-refractivity contribution in [3.8, 4) is 0 Å². The highest BCUT2D eigenvalue weighted by molar-refractivity contribution is 5.45. The van der Waals surface area contributed by atoms with Crippen LogP contribution in [0.3, 0.4) is 0 Å². The summed E-state index contributed by atoms with van der Waals surface area (Å²) in [6.45, 7) is 3.35. The van der Waals surface area contributed by atoms with Crippen LogP contribution < -0.4 is 5.32 Å². The van der Waals surface area contributed by atoms with Gasteiger partial charge in [-0.2, -0.15) is 5.10 Å². The molecule has 4 heteroatoms. The molecule has 0 bridgehead atoms. The Hall–Kier alpha value is -1.58. The first-order chi connectivity index (χ1) is 8.81. The maximum atomic E-state index is 4.55. The summed E-state index contributed by atoms with van der Waals surface area (Å²) in [5.41, 5.74) is 1.39. The van der Waals surface area contributed by atoms with Crippen LogP contribution in [-0.4, -0.2) is 21.1 Å². The van der Waals surface area contributed by atoms with Crippen LogP contribution in [0, 0.1) is 5.41 Å². The third kappa shape index (κ3) is 2.07. The lowest BCUT2D eigenvalue weighted by Gasteiger charge is -2.27. The molecule has 4 nitrogen and oxygen atoms in total. The normalized spacial score (nSPS) is 18.3. The predicted octanol–water partition coefficient (Wildman–Crippen LogP) is 3.11. The van der Waals surface area contributed by atoms with Crippen molar-refractivity contribution in [1.82, 2.24) is 14.6 Å². The molecule has 1 saturated carbocycles. The Morgan fingerprint density at radius 2 is 2.17 bits per heavy atom. The number of fused-ring (bicyclic) bond motifs is 1. The molecule has 2 heterocycles. The molecular formula is C14H20N4. The molecule has 0 atom stereocenters. The van der Waals surface area contributed by atoms with Crippen molar-refractivity contribution >= 4 is 11.5 Å². The van der Waals surface area contributed by atoms with Gasteiger partial charge in [0.1, 0.15) is 5.82 Å². The van der Waals surface area contributed by atoms with Gasteiger partial charge in [0, 0.05) is 18.8 Å². The Kier molecular flexibility index (Phi) is 2.94. The zero-order chi connectivity index (χ0) is 12.4. The maximum absolute atomic E-state index is 4.55. The van der Waals surface area contributed by atoms with Crippen molar-refractivity contribution in [2.75, 3.05) is 11.9 Å². The van der Waals surface area contributed by atoms with Gasteiger partial charge in [-0.1, -0.05) is 19.8 Å². The second kappa shape index (κ2) is 4.59. The van der Waals surface area contributed by atoms with Gasteiger partial charge in [-0.15, -0.1) is 0 Å². The summed E-state index contributed by atoms with van der Waals surface area (Å²) < 4.78 is 1.79. The average Bonchev–Trinajstić information content (AvgIpc) is 3.05.